The monoisotopic (exact) mass is 289 g/mol. The fraction of sp³-hybridized carbons (Fsp3) is 0.133. The third-order valence-corrected chi connectivity index (χ3v) is 3.52. The summed E-state index contributed by atoms with van der Waals surface area (Å²) in [6.07, 6.45) is 2.73. The summed E-state index contributed by atoms with van der Waals surface area (Å²) >= 11 is 0. The Morgan fingerprint density at radius 2 is 1.85 bits per heavy atom. The molecule has 1 amide bonds. The molecule has 0 fully saturated rings. The second kappa shape index (κ2) is 5.46. The minimum Gasteiger partial charge on any atom is -0.274 e. The Hall–Kier alpha value is -2.14. The van der Waals surface area contributed by atoms with E-state index in [2.05, 4.69) is 6.58 Å². The molecule has 0 saturated carbocycles. The summed E-state index contributed by atoms with van der Waals surface area (Å²) in [4.78, 5) is 11.7. The normalized spacial score (nSPS) is 11.2. The fourth-order valence-electron chi connectivity index (χ4n) is 2.13. The van der Waals surface area contributed by atoms with Crippen LogP contribution >= 0.6 is 0 Å². The Morgan fingerprint density at radius 3 is 2.45 bits per heavy atom. The number of carbonyl (C=O) groups excluding carboxylic acids is 1. The van der Waals surface area contributed by atoms with Gasteiger partial charge < -0.3 is 0 Å². The second-order valence-electron chi connectivity index (χ2n) is 4.54. The quantitative estimate of drug-likeness (QED) is 0.937. The maximum Gasteiger partial charge on any atom is 0.237 e. The van der Waals surface area contributed by atoms with E-state index in [4.69, 9.17) is 0 Å². The van der Waals surface area contributed by atoms with Crippen LogP contribution < -0.4 is 4.72 Å². The van der Waals surface area contributed by atoms with Crippen molar-refractivity contribution in [2.24, 2.45) is 0 Å². The van der Waals surface area contributed by atoms with Crippen LogP contribution in [0.3, 0.4) is 0 Å². The molecule has 2 aromatic carbocycles. The molecule has 4 nitrogen and oxygen atoms in total. The van der Waals surface area contributed by atoms with Crippen LogP contribution in [0.25, 0.3) is 16.8 Å². The lowest BCUT2D eigenvalue weighted by Crippen LogP contribution is -2.30. The summed E-state index contributed by atoms with van der Waals surface area (Å²) in [7, 11) is -3.53. The third-order valence-electron chi connectivity index (χ3n) is 2.92. The van der Waals surface area contributed by atoms with Crippen LogP contribution in [0.2, 0.25) is 0 Å². The average Bonchev–Trinajstić information content (AvgIpc) is 2.37. The molecule has 0 radical (unpaired) electrons. The molecule has 2 aromatic rings. The zero-order valence-electron chi connectivity index (χ0n) is 11.1. The lowest BCUT2D eigenvalue weighted by molar-refractivity contribution is -0.118. The van der Waals surface area contributed by atoms with E-state index in [0.29, 0.717) is 0 Å². The fourth-order valence-corrected chi connectivity index (χ4v) is 2.62. The van der Waals surface area contributed by atoms with E-state index in [1.54, 1.807) is 6.08 Å². The number of benzene rings is 2. The van der Waals surface area contributed by atoms with Gasteiger partial charge in [-0.2, -0.15) is 0 Å². The van der Waals surface area contributed by atoms with Crippen LogP contribution in [0.5, 0.6) is 0 Å². The van der Waals surface area contributed by atoms with Gasteiger partial charge in [0.15, 0.2) is 0 Å². The highest BCUT2D eigenvalue weighted by atomic mass is 32.2. The van der Waals surface area contributed by atoms with Gasteiger partial charge in [-0.25, -0.2) is 8.42 Å². The lowest BCUT2D eigenvalue weighted by Gasteiger charge is -2.09. The predicted octanol–water partition coefficient (Wildman–Crippen LogP) is 2.10. The number of hydrogen-bond acceptors (Lipinski definition) is 3. The molecular formula is C15H15NO3S. The molecule has 0 aliphatic heterocycles. The predicted molar refractivity (Wildman–Crippen MR) is 80.7 cm³/mol. The molecule has 1 N–H and O–H groups in total. The van der Waals surface area contributed by atoms with Gasteiger partial charge in [0.05, 0.1) is 12.7 Å². The highest BCUT2D eigenvalue weighted by molar-refractivity contribution is 7.89. The average molecular weight is 289 g/mol. The Balaban J connectivity index is 2.41. The van der Waals surface area contributed by atoms with E-state index in [0.717, 1.165) is 28.2 Å². The van der Waals surface area contributed by atoms with Gasteiger partial charge in [0.2, 0.25) is 15.9 Å². The molecule has 0 unspecified atom stereocenters. The highest BCUT2D eigenvalue weighted by Gasteiger charge is 2.11. The molecule has 2 rings (SSSR count). The summed E-state index contributed by atoms with van der Waals surface area (Å²) in [5.74, 6) is -0.538. The summed E-state index contributed by atoms with van der Waals surface area (Å²) in [5.41, 5.74) is 1.76. The molecule has 5 heteroatoms. The van der Waals surface area contributed by atoms with Crippen LogP contribution in [-0.4, -0.2) is 20.6 Å². The molecule has 0 atom stereocenters. The van der Waals surface area contributed by atoms with E-state index < -0.39 is 15.9 Å². The Morgan fingerprint density at radius 1 is 1.20 bits per heavy atom. The van der Waals surface area contributed by atoms with E-state index in [9.17, 15) is 13.2 Å². The van der Waals surface area contributed by atoms with E-state index in [1.807, 2.05) is 41.1 Å². The minimum absolute atomic E-state index is 0.0189. The van der Waals surface area contributed by atoms with Gasteiger partial charge in [-0.05, 0) is 21.9 Å². The first-order valence-corrected chi connectivity index (χ1v) is 7.93. The molecule has 0 bridgehead atoms. The number of hydrogen-bond donors (Lipinski definition) is 1. The van der Waals surface area contributed by atoms with Gasteiger partial charge in [0, 0.05) is 0 Å². The third kappa shape index (κ3) is 3.24. The first-order valence-electron chi connectivity index (χ1n) is 6.04. The van der Waals surface area contributed by atoms with Crippen LogP contribution in [0.4, 0.5) is 0 Å². The second-order valence-corrected chi connectivity index (χ2v) is 6.29. The molecular weight excluding hydrogens is 274 g/mol. The largest absolute Gasteiger partial charge is 0.274 e. The highest BCUT2D eigenvalue weighted by Crippen LogP contribution is 2.24. The summed E-state index contributed by atoms with van der Waals surface area (Å²) in [5, 5.41) is 1.92. The number of rotatable bonds is 4. The van der Waals surface area contributed by atoms with Gasteiger partial charge in [-0.1, -0.05) is 49.1 Å². The molecule has 0 saturated heterocycles. The van der Waals surface area contributed by atoms with Gasteiger partial charge in [0.1, 0.15) is 0 Å². The standard InChI is InChI=1S/C15H15NO3S/c1-3-11-8-9-12(10-15(17)16-20(2,18)19)14-7-5-4-6-13(11)14/h3-9H,1,10H2,2H3,(H,16,17). The minimum atomic E-state index is -3.53. The number of sulfonamides is 1. The molecule has 0 aliphatic rings. The zero-order valence-corrected chi connectivity index (χ0v) is 11.9. The van der Waals surface area contributed by atoms with Crippen molar-refractivity contribution >= 4 is 32.8 Å². The van der Waals surface area contributed by atoms with Crippen LogP contribution in [0.1, 0.15) is 11.1 Å². The number of fused-ring (bicyclic) bond motifs is 1. The van der Waals surface area contributed by atoms with E-state index in [1.165, 1.54) is 0 Å². The first kappa shape index (κ1) is 14.3. The molecule has 0 aliphatic carbocycles. The van der Waals surface area contributed by atoms with Crippen molar-refractivity contribution in [3.63, 3.8) is 0 Å². The maximum atomic E-state index is 11.7. The van der Waals surface area contributed by atoms with Crippen LogP contribution in [-0.2, 0) is 21.2 Å². The first-order chi connectivity index (χ1) is 9.40. The maximum absolute atomic E-state index is 11.7. The van der Waals surface area contributed by atoms with Crippen LogP contribution in [0, 0.1) is 0 Å². The topological polar surface area (TPSA) is 63.2 Å². The van der Waals surface area contributed by atoms with E-state index in [-0.39, 0.29) is 6.42 Å². The van der Waals surface area contributed by atoms with Gasteiger partial charge >= 0.3 is 0 Å². The molecule has 20 heavy (non-hydrogen) atoms. The van der Waals surface area contributed by atoms with Crippen molar-refractivity contribution in [3.8, 4) is 0 Å². The van der Waals surface area contributed by atoms with Crippen LogP contribution in [0.15, 0.2) is 43.0 Å². The summed E-state index contributed by atoms with van der Waals surface area (Å²) in [6, 6.07) is 11.3. The van der Waals surface area contributed by atoms with Crippen molar-refractivity contribution < 1.29 is 13.2 Å². The molecule has 0 aromatic heterocycles. The van der Waals surface area contributed by atoms with E-state index >= 15 is 0 Å². The van der Waals surface area contributed by atoms with Crippen molar-refractivity contribution in [1.82, 2.24) is 4.72 Å². The number of amides is 1. The smallest absolute Gasteiger partial charge is 0.237 e. The summed E-state index contributed by atoms with van der Waals surface area (Å²) in [6.45, 7) is 3.76. The molecule has 0 heterocycles. The van der Waals surface area contributed by atoms with Gasteiger partial charge in [0.25, 0.3) is 0 Å². The zero-order chi connectivity index (χ0) is 14.8. The van der Waals surface area contributed by atoms with Crippen molar-refractivity contribution in [3.05, 3.63) is 54.1 Å². The number of nitrogens with one attached hydrogen (secondary N) is 1. The van der Waals surface area contributed by atoms with Crippen molar-refractivity contribution in [2.75, 3.05) is 6.26 Å². The lowest BCUT2D eigenvalue weighted by atomic mass is 9.98. The van der Waals surface area contributed by atoms with Gasteiger partial charge in [-0.3, -0.25) is 9.52 Å². The SMILES string of the molecule is C=Cc1ccc(CC(=O)NS(C)(=O)=O)c2ccccc12. The van der Waals surface area contributed by atoms with Gasteiger partial charge in [-0.15, -0.1) is 0 Å². The Labute approximate surface area is 118 Å². The van der Waals surface area contributed by atoms with Crippen molar-refractivity contribution in [1.29, 1.82) is 0 Å². The van der Waals surface area contributed by atoms with Crippen molar-refractivity contribution in [2.45, 2.75) is 6.42 Å². The Bertz CT molecular complexity index is 779. The molecule has 104 valence electrons. The molecule has 0 spiro atoms. The Kier molecular flexibility index (Phi) is 3.90. The summed E-state index contributed by atoms with van der Waals surface area (Å²) < 4.78 is 24.1. The number of carbonyl (C=O) groups is 1.